The minimum atomic E-state index is -0.104. The summed E-state index contributed by atoms with van der Waals surface area (Å²) in [5.41, 5.74) is 0.405. The predicted molar refractivity (Wildman–Crippen MR) is 67.1 cm³/mol. The molecule has 0 bridgehead atoms. The Morgan fingerprint density at radius 2 is 2.00 bits per heavy atom. The smallest absolute Gasteiger partial charge is 0.271 e. The summed E-state index contributed by atoms with van der Waals surface area (Å²) in [6.45, 7) is 2.21. The third-order valence-corrected chi connectivity index (χ3v) is 3.72. The number of hydrogen-bond donors (Lipinski definition) is 1. The fourth-order valence-corrected chi connectivity index (χ4v) is 2.52. The van der Waals surface area contributed by atoms with Crippen LogP contribution in [0.1, 0.15) is 36.2 Å². The van der Waals surface area contributed by atoms with Gasteiger partial charge in [-0.1, -0.05) is 0 Å². The topological polar surface area (TPSA) is 58.1 Å². The van der Waals surface area contributed by atoms with E-state index in [0.29, 0.717) is 5.69 Å². The van der Waals surface area contributed by atoms with Crippen LogP contribution in [0.15, 0.2) is 18.6 Å². The lowest BCUT2D eigenvalue weighted by Gasteiger charge is -2.32. The Labute approximate surface area is 107 Å². The third-order valence-electron chi connectivity index (χ3n) is 3.72. The zero-order chi connectivity index (χ0) is 12.4. The molecule has 0 unspecified atom stereocenters. The van der Waals surface area contributed by atoms with E-state index in [1.165, 1.54) is 19.0 Å². The van der Waals surface area contributed by atoms with Crippen LogP contribution in [0.3, 0.4) is 0 Å². The Balaban J connectivity index is 1.50. The van der Waals surface area contributed by atoms with E-state index < -0.39 is 0 Å². The second kappa shape index (κ2) is 5.02. The Bertz CT molecular complexity index is 410. The molecule has 1 aliphatic carbocycles. The molecule has 1 amide bonds. The van der Waals surface area contributed by atoms with Crippen molar-refractivity contribution in [2.75, 3.05) is 13.1 Å². The molecule has 2 fully saturated rings. The molecule has 2 heterocycles. The number of carbonyl (C=O) groups excluding carboxylic acids is 1. The highest BCUT2D eigenvalue weighted by molar-refractivity contribution is 5.92. The van der Waals surface area contributed by atoms with E-state index >= 15 is 0 Å². The zero-order valence-corrected chi connectivity index (χ0v) is 10.4. The first-order valence-electron chi connectivity index (χ1n) is 6.64. The van der Waals surface area contributed by atoms with Gasteiger partial charge in [-0.15, -0.1) is 0 Å². The van der Waals surface area contributed by atoms with E-state index in [4.69, 9.17) is 0 Å². The average molecular weight is 246 g/mol. The van der Waals surface area contributed by atoms with Crippen LogP contribution < -0.4 is 5.32 Å². The SMILES string of the molecule is O=C(NC1CCN(C2CC2)CC1)c1cnccn1. The lowest BCUT2D eigenvalue weighted by atomic mass is 10.0. The van der Waals surface area contributed by atoms with Gasteiger partial charge < -0.3 is 10.2 Å². The van der Waals surface area contributed by atoms with Gasteiger partial charge in [-0.05, 0) is 25.7 Å². The molecule has 0 radical (unpaired) electrons. The molecule has 0 aromatic carbocycles. The first kappa shape index (κ1) is 11.6. The summed E-state index contributed by atoms with van der Waals surface area (Å²) in [6, 6.07) is 1.12. The van der Waals surface area contributed by atoms with Gasteiger partial charge in [0.05, 0.1) is 6.20 Å². The Morgan fingerprint density at radius 1 is 1.22 bits per heavy atom. The van der Waals surface area contributed by atoms with E-state index in [1.54, 1.807) is 12.4 Å². The summed E-state index contributed by atoms with van der Waals surface area (Å²) in [5, 5.41) is 3.05. The maximum Gasteiger partial charge on any atom is 0.271 e. The molecule has 5 nitrogen and oxygen atoms in total. The average Bonchev–Trinajstić information content (AvgIpc) is 3.25. The number of carbonyl (C=O) groups is 1. The molecule has 0 spiro atoms. The van der Waals surface area contributed by atoms with E-state index in [0.717, 1.165) is 32.0 Å². The predicted octanol–water partition coefficient (Wildman–Crippen LogP) is 0.833. The number of nitrogens with zero attached hydrogens (tertiary/aromatic N) is 3. The van der Waals surface area contributed by atoms with Gasteiger partial charge >= 0.3 is 0 Å². The lowest BCUT2D eigenvalue weighted by Crippen LogP contribution is -2.45. The van der Waals surface area contributed by atoms with Crippen molar-refractivity contribution in [2.45, 2.75) is 37.8 Å². The second-order valence-electron chi connectivity index (χ2n) is 5.11. The van der Waals surface area contributed by atoms with Crippen molar-refractivity contribution in [3.05, 3.63) is 24.3 Å². The standard InChI is InChI=1S/C13H18N4O/c18-13(12-9-14-5-6-15-12)16-10-3-7-17(8-4-10)11-1-2-11/h5-6,9-11H,1-4,7-8H2,(H,16,18). The molecular weight excluding hydrogens is 228 g/mol. The summed E-state index contributed by atoms with van der Waals surface area (Å²) in [7, 11) is 0. The molecule has 1 aromatic heterocycles. The first-order chi connectivity index (χ1) is 8.83. The summed E-state index contributed by atoms with van der Waals surface area (Å²) >= 11 is 0. The second-order valence-corrected chi connectivity index (χ2v) is 5.11. The van der Waals surface area contributed by atoms with Crippen LogP contribution in [-0.2, 0) is 0 Å². The number of nitrogens with one attached hydrogen (secondary N) is 1. The van der Waals surface area contributed by atoms with Crippen LogP contribution in [0.4, 0.5) is 0 Å². The van der Waals surface area contributed by atoms with Gasteiger partial charge in [0.1, 0.15) is 5.69 Å². The first-order valence-corrected chi connectivity index (χ1v) is 6.64. The van der Waals surface area contributed by atoms with Crippen molar-refractivity contribution >= 4 is 5.91 Å². The minimum Gasteiger partial charge on any atom is -0.348 e. The highest BCUT2D eigenvalue weighted by Crippen LogP contribution is 2.29. The number of hydrogen-bond acceptors (Lipinski definition) is 4. The molecule has 1 saturated heterocycles. The van der Waals surface area contributed by atoms with Crippen molar-refractivity contribution in [1.29, 1.82) is 0 Å². The van der Waals surface area contributed by atoms with Crippen LogP contribution in [0.5, 0.6) is 0 Å². The molecule has 1 aromatic rings. The molecule has 1 aliphatic heterocycles. The van der Waals surface area contributed by atoms with Crippen LogP contribution in [0.25, 0.3) is 0 Å². The molecule has 96 valence electrons. The summed E-state index contributed by atoms with van der Waals surface area (Å²) in [6.07, 6.45) is 9.43. The maximum atomic E-state index is 11.9. The highest BCUT2D eigenvalue weighted by atomic mass is 16.1. The Morgan fingerprint density at radius 3 is 2.61 bits per heavy atom. The monoisotopic (exact) mass is 246 g/mol. The highest BCUT2D eigenvalue weighted by Gasteiger charge is 2.32. The van der Waals surface area contributed by atoms with E-state index in [9.17, 15) is 4.79 Å². The zero-order valence-electron chi connectivity index (χ0n) is 10.4. The van der Waals surface area contributed by atoms with Crippen LogP contribution in [-0.4, -0.2) is 45.9 Å². The molecule has 3 rings (SSSR count). The van der Waals surface area contributed by atoms with Gasteiger partial charge in [-0.3, -0.25) is 9.78 Å². The molecule has 5 heteroatoms. The van der Waals surface area contributed by atoms with Gasteiger partial charge in [0, 0.05) is 37.6 Å². The summed E-state index contributed by atoms with van der Waals surface area (Å²) in [4.78, 5) is 22.4. The Hall–Kier alpha value is -1.49. The van der Waals surface area contributed by atoms with Crippen LogP contribution >= 0.6 is 0 Å². The minimum absolute atomic E-state index is 0.104. The number of piperidine rings is 1. The van der Waals surface area contributed by atoms with Crippen molar-refractivity contribution in [1.82, 2.24) is 20.2 Å². The number of rotatable bonds is 3. The quantitative estimate of drug-likeness (QED) is 0.858. The Kier molecular flexibility index (Phi) is 3.23. The fourth-order valence-electron chi connectivity index (χ4n) is 2.52. The van der Waals surface area contributed by atoms with Crippen LogP contribution in [0, 0.1) is 0 Å². The van der Waals surface area contributed by atoms with Gasteiger partial charge in [0.25, 0.3) is 5.91 Å². The van der Waals surface area contributed by atoms with Crippen molar-refractivity contribution in [3.8, 4) is 0 Å². The molecule has 1 saturated carbocycles. The molecule has 0 atom stereocenters. The normalized spacial score (nSPS) is 21.8. The van der Waals surface area contributed by atoms with Gasteiger partial charge in [0.15, 0.2) is 0 Å². The number of amides is 1. The van der Waals surface area contributed by atoms with Crippen LogP contribution in [0.2, 0.25) is 0 Å². The molecule has 18 heavy (non-hydrogen) atoms. The van der Waals surface area contributed by atoms with E-state index in [1.807, 2.05) is 0 Å². The molecule has 1 N–H and O–H groups in total. The molecule has 2 aliphatic rings. The van der Waals surface area contributed by atoms with Crippen molar-refractivity contribution in [2.24, 2.45) is 0 Å². The largest absolute Gasteiger partial charge is 0.348 e. The van der Waals surface area contributed by atoms with E-state index in [-0.39, 0.29) is 11.9 Å². The maximum absolute atomic E-state index is 11.9. The van der Waals surface area contributed by atoms with Gasteiger partial charge in [-0.25, -0.2) is 4.98 Å². The number of likely N-dealkylation sites (tertiary alicyclic amines) is 1. The summed E-state index contributed by atoms with van der Waals surface area (Å²) < 4.78 is 0. The van der Waals surface area contributed by atoms with Crippen molar-refractivity contribution in [3.63, 3.8) is 0 Å². The van der Waals surface area contributed by atoms with Gasteiger partial charge in [0.2, 0.25) is 0 Å². The summed E-state index contributed by atoms with van der Waals surface area (Å²) in [5.74, 6) is -0.104. The van der Waals surface area contributed by atoms with Gasteiger partial charge in [-0.2, -0.15) is 0 Å². The molecular formula is C13H18N4O. The fraction of sp³-hybridized carbons (Fsp3) is 0.615. The lowest BCUT2D eigenvalue weighted by molar-refractivity contribution is 0.0903. The van der Waals surface area contributed by atoms with E-state index in [2.05, 4.69) is 20.2 Å². The van der Waals surface area contributed by atoms with Crippen molar-refractivity contribution < 1.29 is 4.79 Å². The number of aromatic nitrogens is 2. The third kappa shape index (κ3) is 2.67.